The Balaban J connectivity index is 1.55. The summed E-state index contributed by atoms with van der Waals surface area (Å²) in [5, 5.41) is 3.55. The van der Waals surface area contributed by atoms with Gasteiger partial charge in [-0.2, -0.15) is 0 Å². The fourth-order valence-electron chi connectivity index (χ4n) is 3.55. The molecule has 6 nitrogen and oxygen atoms in total. The summed E-state index contributed by atoms with van der Waals surface area (Å²) in [5.41, 5.74) is 1.28. The lowest BCUT2D eigenvalue weighted by molar-refractivity contribution is -0.122. The molecular weight excluding hydrogens is 388 g/mol. The standard InChI is InChI=1S/C22H22N2O4S/c1-14-7-9-15(10-8-14)24-21(26)18(20(25)23-22(24)27)13-16-11-12-19(28-16)29-17-5-3-2-4-6-17/h7-13,17H,2-6H2,1H3,(H,23,25,27)/b18-13+. The average Bonchev–Trinajstić information content (AvgIpc) is 3.14. The van der Waals surface area contributed by atoms with Gasteiger partial charge in [-0.3, -0.25) is 14.9 Å². The van der Waals surface area contributed by atoms with Crippen LogP contribution in [0.3, 0.4) is 0 Å². The molecule has 2 heterocycles. The van der Waals surface area contributed by atoms with Crippen LogP contribution in [0.1, 0.15) is 43.4 Å². The van der Waals surface area contributed by atoms with E-state index < -0.39 is 17.8 Å². The summed E-state index contributed by atoms with van der Waals surface area (Å²) in [6.07, 6.45) is 7.53. The number of hydrogen-bond donors (Lipinski definition) is 1. The average molecular weight is 410 g/mol. The summed E-state index contributed by atoms with van der Waals surface area (Å²) in [5.74, 6) is -0.971. The summed E-state index contributed by atoms with van der Waals surface area (Å²) in [6.45, 7) is 1.91. The molecule has 1 aliphatic heterocycles. The molecule has 1 aromatic carbocycles. The quantitative estimate of drug-likeness (QED) is 0.585. The van der Waals surface area contributed by atoms with Crippen molar-refractivity contribution in [3.8, 4) is 0 Å². The van der Waals surface area contributed by atoms with Crippen molar-refractivity contribution in [3.05, 3.63) is 53.3 Å². The number of rotatable bonds is 4. The van der Waals surface area contributed by atoms with Crippen molar-refractivity contribution in [2.45, 2.75) is 49.4 Å². The molecule has 29 heavy (non-hydrogen) atoms. The Labute approximate surface area is 173 Å². The maximum atomic E-state index is 12.9. The van der Waals surface area contributed by atoms with Crippen molar-refractivity contribution in [2.75, 3.05) is 4.90 Å². The molecule has 2 fully saturated rings. The van der Waals surface area contributed by atoms with E-state index in [0.717, 1.165) is 15.6 Å². The molecule has 4 amide bonds. The zero-order chi connectivity index (χ0) is 20.4. The number of imide groups is 2. The maximum absolute atomic E-state index is 12.9. The monoisotopic (exact) mass is 410 g/mol. The Morgan fingerprint density at radius 3 is 2.48 bits per heavy atom. The van der Waals surface area contributed by atoms with Crippen LogP contribution >= 0.6 is 11.8 Å². The van der Waals surface area contributed by atoms with Gasteiger partial charge in [-0.1, -0.05) is 48.7 Å². The van der Waals surface area contributed by atoms with Gasteiger partial charge in [0.1, 0.15) is 11.3 Å². The first-order chi connectivity index (χ1) is 14.0. The molecule has 0 atom stereocenters. The van der Waals surface area contributed by atoms with Crippen molar-refractivity contribution >= 4 is 41.4 Å². The van der Waals surface area contributed by atoms with E-state index in [4.69, 9.17) is 4.42 Å². The number of carbonyl (C=O) groups excluding carboxylic acids is 3. The van der Waals surface area contributed by atoms with Crippen molar-refractivity contribution in [1.82, 2.24) is 5.32 Å². The second-order valence-electron chi connectivity index (χ2n) is 7.33. The molecule has 150 valence electrons. The number of nitrogens with one attached hydrogen (secondary N) is 1. The fraction of sp³-hybridized carbons (Fsp3) is 0.318. The van der Waals surface area contributed by atoms with Gasteiger partial charge in [-0.15, -0.1) is 0 Å². The number of amides is 4. The molecular formula is C22H22N2O4S. The zero-order valence-electron chi connectivity index (χ0n) is 16.1. The zero-order valence-corrected chi connectivity index (χ0v) is 17.0. The number of urea groups is 1. The van der Waals surface area contributed by atoms with Crippen LogP contribution in [0.4, 0.5) is 10.5 Å². The van der Waals surface area contributed by atoms with E-state index in [1.54, 1.807) is 42.1 Å². The lowest BCUT2D eigenvalue weighted by atomic mass is 10.0. The minimum absolute atomic E-state index is 0.131. The molecule has 0 unspecified atom stereocenters. The molecule has 1 N–H and O–H groups in total. The topological polar surface area (TPSA) is 79.6 Å². The summed E-state index contributed by atoms with van der Waals surface area (Å²) >= 11 is 1.70. The van der Waals surface area contributed by atoms with Crippen molar-refractivity contribution < 1.29 is 18.8 Å². The summed E-state index contributed by atoms with van der Waals surface area (Å²) in [6, 6.07) is 9.80. The summed E-state index contributed by atoms with van der Waals surface area (Å²) in [7, 11) is 0. The molecule has 2 aromatic rings. The highest BCUT2D eigenvalue weighted by Gasteiger charge is 2.37. The number of anilines is 1. The lowest BCUT2D eigenvalue weighted by Gasteiger charge is -2.26. The third-order valence-electron chi connectivity index (χ3n) is 5.12. The molecule has 0 radical (unpaired) electrons. The molecule has 2 aliphatic rings. The number of aryl methyl sites for hydroxylation is 1. The van der Waals surface area contributed by atoms with Gasteiger partial charge in [0.05, 0.1) is 5.69 Å². The largest absolute Gasteiger partial charge is 0.450 e. The lowest BCUT2D eigenvalue weighted by Crippen LogP contribution is -2.54. The van der Waals surface area contributed by atoms with E-state index in [1.807, 2.05) is 13.0 Å². The first-order valence-electron chi connectivity index (χ1n) is 9.76. The first-order valence-corrected chi connectivity index (χ1v) is 10.6. The molecule has 0 bridgehead atoms. The minimum Gasteiger partial charge on any atom is -0.450 e. The number of nitrogens with zero attached hydrogens (tertiary/aromatic N) is 1. The van der Waals surface area contributed by atoms with Crippen LogP contribution < -0.4 is 10.2 Å². The predicted octanol–water partition coefficient (Wildman–Crippen LogP) is 4.68. The van der Waals surface area contributed by atoms with Gasteiger partial charge in [0.25, 0.3) is 11.8 Å². The van der Waals surface area contributed by atoms with Gasteiger partial charge >= 0.3 is 6.03 Å². The number of benzene rings is 1. The van der Waals surface area contributed by atoms with Gasteiger partial charge in [0.2, 0.25) is 0 Å². The molecule has 1 aliphatic carbocycles. The number of carbonyl (C=O) groups is 3. The number of furan rings is 1. The highest BCUT2D eigenvalue weighted by molar-refractivity contribution is 7.99. The molecule has 1 saturated heterocycles. The Morgan fingerprint density at radius 2 is 1.76 bits per heavy atom. The normalized spacial score (nSPS) is 19.7. The third kappa shape index (κ3) is 4.29. The van der Waals surface area contributed by atoms with Crippen LogP contribution in [0, 0.1) is 6.92 Å². The van der Waals surface area contributed by atoms with Crippen LogP contribution in [0.25, 0.3) is 6.08 Å². The number of hydrogen-bond acceptors (Lipinski definition) is 5. The van der Waals surface area contributed by atoms with E-state index in [-0.39, 0.29) is 5.57 Å². The molecule has 7 heteroatoms. The van der Waals surface area contributed by atoms with E-state index in [0.29, 0.717) is 16.7 Å². The van der Waals surface area contributed by atoms with Crippen LogP contribution in [-0.2, 0) is 9.59 Å². The van der Waals surface area contributed by atoms with Gasteiger partial charge < -0.3 is 4.42 Å². The Bertz CT molecular complexity index is 971. The van der Waals surface area contributed by atoms with Gasteiger partial charge in [0, 0.05) is 5.25 Å². The number of thioether (sulfide) groups is 1. The highest BCUT2D eigenvalue weighted by Crippen LogP contribution is 2.35. The van der Waals surface area contributed by atoms with Gasteiger partial charge in [0.15, 0.2) is 5.09 Å². The predicted molar refractivity (Wildman–Crippen MR) is 112 cm³/mol. The summed E-state index contributed by atoms with van der Waals surface area (Å²) in [4.78, 5) is 38.4. The third-order valence-corrected chi connectivity index (χ3v) is 6.37. The summed E-state index contributed by atoms with van der Waals surface area (Å²) < 4.78 is 5.82. The fourth-order valence-corrected chi connectivity index (χ4v) is 4.74. The van der Waals surface area contributed by atoms with Crippen molar-refractivity contribution in [3.63, 3.8) is 0 Å². The SMILES string of the molecule is Cc1ccc(N2C(=O)NC(=O)/C(=C\c3ccc(SC4CCCCC4)o3)C2=O)cc1. The van der Waals surface area contributed by atoms with Crippen LogP contribution in [0.5, 0.6) is 0 Å². The number of barbiturate groups is 1. The minimum atomic E-state index is -0.756. The van der Waals surface area contributed by atoms with Crippen LogP contribution in [0.2, 0.25) is 0 Å². The van der Waals surface area contributed by atoms with E-state index in [1.165, 1.54) is 38.2 Å². The second kappa shape index (κ2) is 8.29. The van der Waals surface area contributed by atoms with E-state index in [9.17, 15) is 14.4 Å². The molecule has 1 aromatic heterocycles. The Morgan fingerprint density at radius 1 is 1.03 bits per heavy atom. The highest BCUT2D eigenvalue weighted by atomic mass is 32.2. The van der Waals surface area contributed by atoms with E-state index >= 15 is 0 Å². The first kappa shape index (κ1) is 19.5. The maximum Gasteiger partial charge on any atom is 0.335 e. The Kier molecular flexibility index (Phi) is 5.58. The van der Waals surface area contributed by atoms with Crippen LogP contribution in [0.15, 0.2) is 51.5 Å². The molecule has 0 spiro atoms. The molecule has 1 saturated carbocycles. The Hall–Kier alpha value is -2.80. The van der Waals surface area contributed by atoms with Gasteiger partial charge in [-0.05, 0) is 50.1 Å². The van der Waals surface area contributed by atoms with Crippen LogP contribution in [-0.4, -0.2) is 23.1 Å². The van der Waals surface area contributed by atoms with Crippen molar-refractivity contribution in [1.29, 1.82) is 0 Å². The second-order valence-corrected chi connectivity index (χ2v) is 8.63. The van der Waals surface area contributed by atoms with Crippen molar-refractivity contribution in [2.24, 2.45) is 0 Å². The van der Waals surface area contributed by atoms with Gasteiger partial charge in [-0.25, -0.2) is 9.69 Å². The van der Waals surface area contributed by atoms with E-state index in [2.05, 4.69) is 5.32 Å². The smallest absolute Gasteiger partial charge is 0.335 e. The molecule has 4 rings (SSSR count).